The highest BCUT2D eigenvalue weighted by molar-refractivity contribution is 5.73. The van der Waals surface area contributed by atoms with Crippen LogP contribution < -0.4 is 16.8 Å². The number of hydrogen-bond acceptors (Lipinski definition) is 3. The van der Waals surface area contributed by atoms with E-state index in [2.05, 4.69) is 34.7 Å². The summed E-state index contributed by atoms with van der Waals surface area (Å²) >= 11 is 0. The average molecular weight is 363 g/mol. The van der Waals surface area contributed by atoms with E-state index in [9.17, 15) is 9.59 Å². The van der Waals surface area contributed by atoms with E-state index in [1.807, 2.05) is 60.7 Å². The van der Waals surface area contributed by atoms with Crippen molar-refractivity contribution in [1.29, 1.82) is 0 Å². The molecule has 0 bridgehead atoms. The molecule has 5 nitrogen and oxygen atoms in total. The molecule has 0 aliphatic rings. The second kappa shape index (κ2) is 16.0. The lowest BCUT2D eigenvalue weighted by Crippen LogP contribution is -2.19. The van der Waals surface area contributed by atoms with Gasteiger partial charge in [0.25, 0.3) is 0 Å². The van der Waals surface area contributed by atoms with E-state index in [0.29, 0.717) is 13.1 Å². The first-order valence-electron chi connectivity index (χ1n) is 8.24. The number of primary amides is 1. The average Bonchev–Trinajstić information content (AvgIpc) is 2.65. The highest BCUT2D eigenvalue weighted by atomic mass is 16.1. The van der Waals surface area contributed by atoms with Crippen LogP contribution in [0.1, 0.15) is 25.0 Å². The van der Waals surface area contributed by atoms with Crippen LogP contribution in [0.2, 0.25) is 0 Å². The zero-order valence-corrected chi connectivity index (χ0v) is 15.7. The molecule has 0 aliphatic carbocycles. The molecule has 5 N–H and O–H groups in total. The number of nitrogens with one attached hydrogen (secondary N) is 1. The highest BCUT2D eigenvalue weighted by Gasteiger charge is 1.84. The molecule has 0 aromatic heterocycles. The quantitative estimate of drug-likeness (QED) is 0.672. The second-order valence-electron chi connectivity index (χ2n) is 5.06. The summed E-state index contributed by atoms with van der Waals surface area (Å²) in [6.07, 6.45) is 0. The van der Waals surface area contributed by atoms with Crippen molar-refractivity contribution < 1.29 is 9.59 Å². The Bertz CT molecular complexity index is 791. The summed E-state index contributed by atoms with van der Waals surface area (Å²) in [5.74, 6) is 11.1. The van der Waals surface area contributed by atoms with Crippen molar-refractivity contribution in [1.82, 2.24) is 5.32 Å². The Morgan fingerprint density at radius 3 is 1.63 bits per heavy atom. The molecule has 0 fully saturated rings. The zero-order chi connectivity index (χ0) is 20.3. The molecule has 0 saturated heterocycles. The van der Waals surface area contributed by atoms with Crippen LogP contribution in [0.3, 0.4) is 0 Å². The number of carbonyl (C=O) groups is 2. The van der Waals surface area contributed by atoms with Crippen LogP contribution in [0.5, 0.6) is 0 Å². The predicted molar refractivity (Wildman–Crippen MR) is 109 cm³/mol. The van der Waals surface area contributed by atoms with Crippen molar-refractivity contribution in [3.05, 3.63) is 71.8 Å². The molecule has 27 heavy (non-hydrogen) atoms. The molecule has 0 heterocycles. The van der Waals surface area contributed by atoms with Crippen molar-refractivity contribution in [2.45, 2.75) is 13.8 Å². The van der Waals surface area contributed by atoms with Gasteiger partial charge < -0.3 is 16.8 Å². The van der Waals surface area contributed by atoms with Gasteiger partial charge in [0, 0.05) is 25.0 Å². The van der Waals surface area contributed by atoms with E-state index < -0.39 is 0 Å². The Morgan fingerprint density at radius 2 is 1.26 bits per heavy atom. The minimum Gasteiger partial charge on any atom is -0.370 e. The van der Waals surface area contributed by atoms with Crippen molar-refractivity contribution >= 4 is 11.8 Å². The summed E-state index contributed by atoms with van der Waals surface area (Å²) in [6, 6.07) is 19.5. The first-order valence-corrected chi connectivity index (χ1v) is 8.24. The maximum atomic E-state index is 10.5. The number of carbonyl (C=O) groups excluding carboxylic acids is 2. The Hall–Kier alpha value is -3.54. The van der Waals surface area contributed by atoms with E-state index in [4.69, 9.17) is 5.73 Å². The van der Waals surface area contributed by atoms with E-state index in [0.717, 1.165) is 11.1 Å². The summed E-state index contributed by atoms with van der Waals surface area (Å²) in [5.41, 5.74) is 11.7. The third-order valence-electron chi connectivity index (χ3n) is 2.54. The molecule has 140 valence electrons. The fourth-order valence-corrected chi connectivity index (χ4v) is 1.51. The molecule has 0 aliphatic heterocycles. The number of rotatable bonds is 1. The van der Waals surface area contributed by atoms with Gasteiger partial charge in [-0.2, -0.15) is 0 Å². The molecule has 2 aromatic rings. The van der Waals surface area contributed by atoms with Gasteiger partial charge >= 0.3 is 0 Å². The molecule has 0 radical (unpaired) electrons. The van der Waals surface area contributed by atoms with Crippen LogP contribution in [0, 0.1) is 23.7 Å². The van der Waals surface area contributed by atoms with Gasteiger partial charge in [0.05, 0.1) is 13.1 Å². The molecular formula is C22H25N3O2. The number of hydrogen-bond donors (Lipinski definition) is 3. The van der Waals surface area contributed by atoms with Crippen LogP contribution in [-0.4, -0.2) is 24.9 Å². The van der Waals surface area contributed by atoms with Crippen LogP contribution in [0.25, 0.3) is 0 Å². The minimum atomic E-state index is -0.333. The smallest absolute Gasteiger partial charge is 0.217 e. The SMILES string of the molecule is CC(=O)NCC#Cc1ccccc1.CC(N)=O.NCC#Cc1ccccc1. The van der Waals surface area contributed by atoms with Crippen LogP contribution >= 0.6 is 0 Å². The summed E-state index contributed by atoms with van der Waals surface area (Å²) in [6.45, 7) is 3.61. The third kappa shape index (κ3) is 17.1. The van der Waals surface area contributed by atoms with Crippen LogP contribution in [0.15, 0.2) is 60.7 Å². The summed E-state index contributed by atoms with van der Waals surface area (Å²) in [4.78, 5) is 19.7. The monoisotopic (exact) mass is 363 g/mol. The van der Waals surface area contributed by atoms with Gasteiger partial charge in [0.1, 0.15) is 0 Å². The molecule has 0 unspecified atom stereocenters. The predicted octanol–water partition coefficient (Wildman–Crippen LogP) is 1.66. The molecule has 2 amide bonds. The lowest BCUT2D eigenvalue weighted by molar-refractivity contribution is -0.118. The molecule has 0 atom stereocenters. The minimum absolute atomic E-state index is 0.0534. The van der Waals surface area contributed by atoms with Gasteiger partial charge in [-0.1, -0.05) is 60.1 Å². The van der Waals surface area contributed by atoms with Crippen molar-refractivity contribution in [2.24, 2.45) is 11.5 Å². The van der Waals surface area contributed by atoms with Gasteiger partial charge in [0.2, 0.25) is 11.8 Å². The molecule has 0 saturated carbocycles. The molecule has 2 rings (SSSR count). The number of amides is 2. The largest absolute Gasteiger partial charge is 0.370 e. The highest BCUT2D eigenvalue weighted by Crippen LogP contribution is 1.94. The maximum absolute atomic E-state index is 10.5. The van der Waals surface area contributed by atoms with Crippen LogP contribution in [0.4, 0.5) is 0 Å². The Balaban J connectivity index is 0.000000428. The number of benzene rings is 2. The molecular weight excluding hydrogens is 338 g/mol. The van der Waals surface area contributed by atoms with Crippen molar-refractivity contribution in [3.63, 3.8) is 0 Å². The van der Waals surface area contributed by atoms with Crippen molar-refractivity contribution in [3.8, 4) is 23.7 Å². The summed E-state index contributed by atoms with van der Waals surface area (Å²) in [7, 11) is 0. The normalized spacial score (nSPS) is 7.96. The third-order valence-corrected chi connectivity index (χ3v) is 2.54. The van der Waals surface area contributed by atoms with Gasteiger partial charge in [-0.15, -0.1) is 0 Å². The standard InChI is InChI=1S/C11H11NO.C9H9N.C2H5NO/c1-10(13)12-9-5-8-11-6-3-2-4-7-11;10-8-4-7-9-5-2-1-3-6-9;1-2(3)4/h2-4,6-7H,9H2,1H3,(H,12,13);1-3,5-6H,8,10H2;1H3,(H2,3,4). The van der Waals surface area contributed by atoms with Crippen molar-refractivity contribution in [2.75, 3.05) is 13.1 Å². The van der Waals surface area contributed by atoms with Gasteiger partial charge in [-0.05, 0) is 24.3 Å². The first kappa shape index (κ1) is 23.5. The summed E-state index contributed by atoms with van der Waals surface area (Å²) < 4.78 is 0. The van der Waals surface area contributed by atoms with Gasteiger partial charge in [-0.25, -0.2) is 0 Å². The molecule has 5 heteroatoms. The van der Waals surface area contributed by atoms with Crippen LogP contribution in [-0.2, 0) is 9.59 Å². The zero-order valence-electron chi connectivity index (χ0n) is 15.7. The fraction of sp³-hybridized carbons (Fsp3) is 0.182. The molecule has 2 aromatic carbocycles. The topological polar surface area (TPSA) is 98.2 Å². The van der Waals surface area contributed by atoms with E-state index >= 15 is 0 Å². The first-order chi connectivity index (χ1) is 13.0. The maximum Gasteiger partial charge on any atom is 0.217 e. The lowest BCUT2D eigenvalue weighted by atomic mass is 10.2. The Labute approximate surface area is 161 Å². The van der Waals surface area contributed by atoms with Gasteiger partial charge in [0.15, 0.2) is 0 Å². The fourth-order valence-electron chi connectivity index (χ4n) is 1.51. The lowest BCUT2D eigenvalue weighted by Gasteiger charge is -1.91. The van der Waals surface area contributed by atoms with E-state index in [1.54, 1.807) is 0 Å². The second-order valence-corrected chi connectivity index (χ2v) is 5.06. The Kier molecular flexibility index (Phi) is 13.9. The number of nitrogens with two attached hydrogens (primary N) is 2. The Morgan fingerprint density at radius 1 is 0.852 bits per heavy atom. The van der Waals surface area contributed by atoms with E-state index in [-0.39, 0.29) is 11.8 Å². The summed E-state index contributed by atoms with van der Waals surface area (Å²) in [5, 5.41) is 2.60. The van der Waals surface area contributed by atoms with Gasteiger partial charge in [-0.3, -0.25) is 9.59 Å². The molecule has 0 spiro atoms. The van der Waals surface area contributed by atoms with E-state index in [1.165, 1.54) is 13.8 Å².